The molecule has 0 aliphatic carbocycles. The molecule has 24 heavy (non-hydrogen) atoms. The van der Waals surface area contributed by atoms with Crippen molar-refractivity contribution in [2.45, 2.75) is 12.8 Å². The second kappa shape index (κ2) is 9.26. The Bertz CT molecular complexity index is 709. The van der Waals surface area contributed by atoms with Crippen LogP contribution in [0.25, 0.3) is 0 Å². The fraction of sp³-hybridized carbons (Fsp3) is 0.250. The number of carbonyl (C=O) groups excluding carboxylic acids is 1. The van der Waals surface area contributed by atoms with Gasteiger partial charge in [0.15, 0.2) is 0 Å². The molecule has 2 rings (SSSR count). The highest BCUT2D eigenvalue weighted by atomic mass is 16.5. The van der Waals surface area contributed by atoms with Crippen molar-refractivity contribution in [2.24, 2.45) is 0 Å². The fourth-order valence-electron chi connectivity index (χ4n) is 2.10. The lowest BCUT2D eigenvalue weighted by Crippen LogP contribution is -2.23. The maximum Gasteiger partial charge on any atom is 0.221 e. The molecule has 0 atom stereocenters. The molecule has 0 aliphatic heterocycles. The van der Waals surface area contributed by atoms with Gasteiger partial charge in [0.2, 0.25) is 5.91 Å². The van der Waals surface area contributed by atoms with E-state index in [-0.39, 0.29) is 5.91 Å². The van der Waals surface area contributed by atoms with E-state index in [9.17, 15) is 4.79 Å². The lowest BCUT2D eigenvalue weighted by Gasteiger charge is -2.04. The summed E-state index contributed by atoms with van der Waals surface area (Å²) < 4.78 is 10.2. The van der Waals surface area contributed by atoms with Crippen LogP contribution in [-0.2, 0) is 11.2 Å². The van der Waals surface area contributed by atoms with E-state index < -0.39 is 0 Å². The molecule has 0 heterocycles. The molecule has 2 aromatic rings. The van der Waals surface area contributed by atoms with E-state index >= 15 is 0 Å². The van der Waals surface area contributed by atoms with Gasteiger partial charge < -0.3 is 14.8 Å². The minimum Gasteiger partial charge on any atom is -0.497 e. The van der Waals surface area contributed by atoms with E-state index in [0.29, 0.717) is 19.4 Å². The second-order valence-electron chi connectivity index (χ2n) is 5.16. The Morgan fingerprint density at radius 1 is 0.958 bits per heavy atom. The highest BCUT2D eigenvalue weighted by Gasteiger charge is 2.01. The van der Waals surface area contributed by atoms with Gasteiger partial charge in [-0.3, -0.25) is 4.79 Å². The zero-order valence-electron chi connectivity index (χ0n) is 14.0. The Hall–Kier alpha value is -2.93. The molecule has 0 fully saturated rings. The van der Waals surface area contributed by atoms with Crippen LogP contribution in [0.4, 0.5) is 0 Å². The number of carbonyl (C=O) groups is 1. The first-order chi connectivity index (χ1) is 11.7. The minimum absolute atomic E-state index is 0.00477. The van der Waals surface area contributed by atoms with Gasteiger partial charge in [-0.25, -0.2) is 0 Å². The van der Waals surface area contributed by atoms with E-state index in [1.54, 1.807) is 14.2 Å². The third kappa shape index (κ3) is 5.69. The summed E-state index contributed by atoms with van der Waals surface area (Å²) in [6.07, 6.45) is 1.14. The van der Waals surface area contributed by atoms with Gasteiger partial charge in [0.1, 0.15) is 11.5 Å². The van der Waals surface area contributed by atoms with Crippen LogP contribution in [0.15, 0.2) is 48.5 Å². The highest BCUT2D eigenvalue weighted by molar-refractivity contribution is 5.76. The van der Waals surface area contributed by atoms with Gasteiger partial charge in [0, 0.05) is 12.0 Å². The first-order valence-electron chi connectivity index (χ1n) is 7.74. The van der Waals surface area contributed by atoms with Crippen LogP contribution < -0.4 is 14.8 Å². The lowest BCUT2D eigenvalue weighted by atomic mass is 10.1. The molecule has 0 saturated carbocycles. The van der Waals surface area contributed by atoms with Crippen LogP contribution >= 0.6 is 0 Å². The van der Waals surface area contributed by atoms with Gasteiger partial charge in [-0.15, -0.1) is 0 Å². The predicted molar refractivity (Wildman–Crippen MR) is 94.2 cm³/mol. The van der Waals surface area contributed by atoms with E-state index in [0.717, 1.165) is 22.6 Å². The van der Waals surface area contributed by atoms with Crippen molar-refractivity contribution >= 4 is 5.91 Å². The van der Waals surface area contributed by atoms with Crippen LogP contribution in [0.2, 0.25) is 0 Å². The van der Waals surface area contributed by atoms with E-state index in [4.69, 9.17) is 9.47 Å². The molecule has 124 valence electrons. The molecule has 4 heteroatoms. The number of hydrogen-bond acceptors (Lipinski definition) is 3. The predicted octanol–water partition coefficient (Wildman–Crippen LogP) is 2.80. The Morgan fingerprint density at radius 2 is 1.54 bits per heavy atom. The average molecular weight is 323 g/mol. The summed E-state index contributed by atoms with van der Waals surface area (Å²) in [7, 11) is 3.26. The minimum atomic E-state index is -0.00477. The molecule has 0 radical (unpaired) electrons. The van der Waals surface area contributed by atoms with Gasteiger partial charge in [0.25, 0.3) is 0 Å². The van der Waals surface area contributed by atoms with E-state index in [1.807, 2.05) is 48.5 Å². The van der Waals surface area contributed by atoms with Gasteiger partial charge in [-0.2, -0.15) is 0 Å². The summed E-state index contributed by atoms with van der Waals surface area (Å²) in [5.74, 6) is 7.56. The van der Waals surface area contributed by atoms with Crippen molar-refractivity contribution < 1.29 is 14.3 Å². The first kappa shape index (κ1) is 17.4. The van der Waals surface area contributed by atoms with Gasteiger partial charge in [-0.1, -0.05) is 24.0 Å². The molecule has 0 spiro atoms. The first-order valence-corrected chi connectivity index (χ1v) is 7.74. The largest absolute Gasteiger partial charge is 0.497 e. The lowest BCUT2D eigenvalue weighted by molar-refractivity contribution is -0.120. The molecule has 0 unspecified atom stereocenters. The third-order valence-electron chi connectivity index (χ3n) is 3.50. The quantitative estimate of drug-likeness (QED) is 0.832. The normalized spacial score (nSPS) is 9.58. The number of aryl methyl sites for hydroxylation is 1. The van der Waals surface area contributed by atoms with Crippen LogP contribution in [0.3, 0.4) is 0 Å². The summed E-state index contributed by atoms with van der Waals surface area (Å²) in [5, 5.41) is 2.81. The second-order valence-corrected chi connectivity index (χ2v) is 5.16. The molecule has 0 saturated heterocycles. The molecule has 0 aromatic heterocycles. The number of benzene rings is 2. The third-order valence-corrected chi connectivity index (χ3v) is 3.50. The van der Waals surface area contributed by atoms with Gasteiger partial charge in [-0.05, 0) is 48.4 Å². The van der Waals surface area contributed by atoms with Crippen LogP contribution in [0.5, 0.6) is 11.5 Å². The SMILES string of the molecule is COc1ccc(C#CCNC(=O)CCc2ccc(OC)cc2)cc1. The van der Waals surface area contributed by atoms with Crippen molar-refractivity contribution in [3.63, 3.8) is 0 Å². The van der Waals surface area contributed by atoms with Crippen molar-refractivity contribution in [3.8, 4) is 23.3 Å². The summed E-state index contributed by atoms with van der Waals surface area (Å²) >= 11 is 0. The fourth-order valence-corrected chi connectivity index (χ4v) is 2.10. The summed E-state index contributed by atoms with van der Waals surface area (Å²) in [6.45, 7) is 0.341. The van der Waals surface area contributed by atoms with E-state index in [1.165, 1.54) is 0 Å². The zero-order valence-corrected chi connectivity index (χ0v) is 14.0. The molecule has 2 aromatic carbocycles. The standard InChI is InChI=1S/C20H21NO3/c1-23-18-10-5-16(6-11-18)4-3-15-21-20(22)14-9-17-7-12-19(24-2)13-8-17/h5-8,10-13H,9,14-15H2,1-2H3,(H,21,22). The van der Waals surface area contributed by atoms with Crippen molar-refractivity contribution in [3.05, 3.63) is 59.7 Å². The number of ether oxygens (including phenoxy) is 2. The number of amides is 1. The van der Waals surface area contributed by atoms with Crippen molar-refractivity contribution in [1.29, 1.82) is 0 Å². The molecular formula is C20H21NO3. The maximum atomic E-state index is 11.8. The molecule has 0 aliphatic rings. The number of methoxy groups -OCH3 is 2. The molecule has 1 N–H and O–H groups in total. The molecule has 4 nitrogen and oxygen atoms in total. The number of hydrogen-bond donors (Lipinski definition) is 1. The van der Waals surface area contributed by atoms with E-state index in [2.05, 4.69) is 17.2 Å². The average Bonchev–Trinajstić information content (AvgIpc) is 2.64. The highest BCUT2D eigenvalue weighted by Crippen LogP contribution is 2.12. The molecular weight excluding hydrogens is 302 g/mol. The summed E-state index contributed by atoms with van der Waals surface area (Å²) in [6, 6.07) is 15.2. The Labute approximate surface area is 142 Å². The maximum absolute atomic E-state index is 11.8. The molecule has 0 bridgehead atoms. The van der Waals surface area contributed by atoms with Crippen molar-refractivity contribution in [2.75, 3.05) is 20.8 Å². The Balaban J connectivity index is 1.71. The van der Waals surface area contributed by atoms with Crippen LogP contribution in [0.1, 0.15) is 17.5 Å². The van der Waals surface area contributed by atoms with Gasteiger partial charge >= 0.3 is 0 Å². The molecule has 1 amide bonds. The van der Waals surface area contributed by atoms with Crippen LogP contribution in [0, 0.1) is 11.8 Å². The summed E-state index contributed by atoms with van der Waals surface area (Å²) in [5.41, 5.74) is 2.00. The monoisotopic (exact) mass is 323 g/mol. The Kier molecular flexibility index (Phi) is 6.73. The van der Waals surface area contributed by atoms with Gasteiger partial charge in [0.05, 0.1) is 20.8 Å². The smallest absolute Gasteiger partial charge is 0.221 e. The topological polar surface area (TPSA) is 47.6 Å². The Morgan fingerprint density at radius 3 is 2.12 bits per heavy atom. The number of nitrogens with one attached hydrogen (secondary N) is 1. The number of rotatable bonds is 6. The van der Waals surface area contributed by atoms with Crippen LogP contribution in [-0.4, -0.2) is 26.7 Å². The zero-order chi connectivity index (χ0) is 17.2. The van der Waals surface area contributed by atoms with Crippen molar-refractivity contribution in [1.82, 2.24) is 5.32 Å². The summed E-state index contributed by atoms with van der Waals surface area (Å²) in [4.78, 5) is 11.8.